The molecule has 1 aromatic heterocycles. The van der Waals surface area contributed by atoms with Gasteiger partial charge in [-0.05, 0) is 36.0 Å². The van der Waals surface area contributed by atoms with Gasteiger partial charge in [-0.3, -0.25) is 0 Å². The maximum atomic E-state index is 5.77. The highest BCUT2D eigenvalue weighted by Gasteiger charge is 2.25. The summed E-state index contributed by atoms with van der Waals surface area (Å²) in [6.45, 7) is 5.22. The first kappa shape index (κ1) is 14.3. The number of aryl methyl sites for hydroxylation is 1. The molecular weight excluding hydrogens is 254 g/mol. The summed E-state index contributed by atoms with van der Waals surface area (Å²) in [7, 11) is 1.78. The summed E-state index contributed by atoms with van der Waals surface area (Å²) < 4.78 is 5.77. The Bertz CT molecular complexity index is 494. The molecule has 0 saturated carbocycles. The van der Waals surface area contributed by atoms with Crippen LogP contribution >= 0.6 is 11.3 Å². The summed E-state index contributed by atoms with van der Waals surface area (Å²) in [5, 5.41) is 5.70. The predicted molar refractivity (Wildman–Crippen MR) is 81.7 cm³/mol. The van der Waals surface area contributed by atoms with E-state index in [1.807, 2.05) is 6.07 Å². The number of rotatable bonds is 6. The van der Waals surface area contributed by atoms with E-state index < -0.39 is 0 Å². The SMILES string of the molecule is CCNC(c1ccsc1C)C(OC)c1ccccc1. The van der Waals surface area contributed by atoms with Crippen molar-refractivity contribution in [3.63, 3.8) is 0 Å². The number of ether oxygens (including phenoxy) is 1. The molecule has 1 N–H and O–H groups in total. The van der Waals surface area contributed by atoms with Crippen LogP contribution in [0.5, 0.6) is 0 Å². The zero-order valence-corrected chi connectivity index (χ0v) is 12.5. The lowest BCUT2D eigenvalue weighted by molar-refractivity contribution is 0.0681. The van der Waals surface area contributed by atoms with Crippen LogP contribution in [0.2, 0.25) is 0 Å². The lowest BCUT2D eigenvalue weighted by Crippen LogP contribution is -2.28. The van der Waals surface area contributed by atoms with Crippen molar-refractivity contribution in [3.05, 3.63) is 57.8 Å². The fourth-order valence-electron chi connectivity index (χ4n) is 2.42. The predicted octanol–water partition coefficient (Wildman–Crippen LogP) is 4.09. The third-order valence-corrected chi connectivity index (χ3v) is 4.20. The number of hydrogen-bond donors (Lipinski definition) is 1. The Kier molecular flexibility index (Phi) is 5.14. The molecule has 2 atom stereocenters. The van der Waals surface area contributed by atoms with Gasteiger partial charge in [-0.2, -0.15) is 0 Å². The zero-order chi connectivity index (χ0) is 13.7. The van der Waals surface area contributed by atoms with E-state index >= 15 is 0 Å². The maximum absolute atomic E-state index is 5.77. The lowest BCUT2D eigenvalue weighted by Gasteiger charge is -2.27. The molecule has 0 radical (unpaired) electrons. The molecule has 3 heteroatoms. The summed E-state index contributed by atoms with van der Waals surface area (Å²) in [4.78, 5) is 1.35. The molecule has 0 spiro atoms. The second-order valence-electron chi connectivity index (χ2n) is 4.53. The standard InChI is InChI=1S/C16H21NOS/c1-4-17-15(14-10-11-19-12(14)2)16(18-3)13-8-6-5-7-9-13/h5-11,15-17H,4H2,1-3H3. The zero-order valence-electron chi connectivity index (χ0n) is 11.7. The summed E-state index contributed by atoms with van der Waals surface area (Å²) in [5.74, 6) is 0. The van der Waals surface area contributed by atoms with Gasteiger partial charge >= 0.3 is 0 Å². The van der Waals surface area contributed by atoms with Crippen molar-refractivity contribution >= 4 is 11.3 Å². The highest BCUT2D eigenvalue weighted by atomic mass is 32.1. The average molecular weight is 275 g/mol. The van der Waals surface area contributed by atoms with Gasteiger partial charge in [0, 0.05) is 12.0 Å². The fourth-order valence-corrected chi connectivity index (χ4v) is 3.17. The van der Waals surface area contributed by atoms with Crippen LogP contribution in [0.1, 0.15) is 35.1 Å². The van der Waals surface area contributed by atoms with Gasteiger partial charge in [0.15, 0.2) is 0 Å². The molecule has 0 aliphatic carbocycles. The Morgan fingerprint density at radius 2 is 1.95 bits per heavy atom. The number of nitrogens with one attached hydrogen (secondary N) is 1. The molecule has 0 bridgehead atoms. The summed E-state index contributed by atoms with van der Waals surface area (Å²) >= 11 is 1.79. The minimum Gasteiger partial charge on any atom is -0.375 e. The van der Waals surface area contributed by atoms with Gasteiger partial charge in [-0.1, -0.05) is 37.3 Å². The van der Waals surface area contributed by atoms with Crippen molar-refractivity contribution in [2.24, 2.45) is 0 Å². The molecule has 2 nitrogen and oxygen atoms in total. The first-order valence-corrected chi connectivity index (χ1v) is 7.51. The number of thiophene rings is 1. The van der Waals surface area contributed by atoms with E-state index in [2.05, 4.69) is 54.9 Å². The Hall–Kier alpha value is -1.16. The van der Waals surface area contributed by atoms with Gasteiger partial charge in [0.1, 0.15) is 6.10 Å². The average Bonchev–Trinajstić information content (AvgIpc) is 2.86. The van der Waals surface area contributed by atoms with Crippen molar-refractivity contribution in [1.29, 1.82) is 0 Å². The second kappa shape index (κ2) is 6.85. The topological polar surface area (TPSA) is 21.3 Å². The maximum Gasteiger partial charge on any atom is 0.102 e. The van der Waals surface area contributed by atoms with Crippen LogP contribution in [0.3, 0.4) is 0 Å². The van der Waals surface area contributed by atoms with Crippen molar-refractivity contribution < 1.29 is 4.74 Å². The van der Waals surface area contributed by atoms with Crippen LogP contribution in [0.4, 0.5) is 0 Å². The van der Waals surface area contributed by atoms with Crippen LogP contribution < -0.4 is 5.32 Å². The van der Waals surface area contributed by atoms with E-state index in [-0.39, 0.29) is 12.1 Å². The Balaban J connectivity index is 2.34. The molecule has 0 amide bonds. The first-order chi connectivity index (χ1) is 9.27. The second-order valence-corrected chi connectivity index (χ2v) is 5.65. The van der Waals surface area contributed by atoms with E-state index in [0.29, 0.717) is 0 Å². The lowest BCUT2D eigenvalue weighted by atomic mass is 9.96. The summed E-state index contributed by atoms with van der Waals surface area (Å²) in [5.41, 5.74) is 2.55. The van der Waals surface area contributed by atoms with Crippen molar-refractivity contribution in [2.75, 3.05) is 13.7 Å². The van der Waals surface area contributed by atoms with Crippen LogP contribution in [-0.2, 0) is 4.74 Å². The normalized spacial score (nSPS) is 14.3. The molecule has 2 rings (SSSR count). The van der Waals surface area contributed by atoms with Crippen molar-refractivity contribution in [3.8, 4) is 0 Å². The van der Waals surface area contributed by atoms with Crippen LogP contribution in [0.15, 0.2) is 41.8 Å². The Morgan fingerprint density at radius 1 is 1.21 bits per heavy atom. The van der Waals surface area contributed by atoms with Gasteiger partial charge in [0.2, 0.25) is 0 Å². The highest BCUT2D eigenvalue weighted by Crippen LogP contribution is 2.34. The van der Waals surface area contributed by atoms with Crippen LogP contribution in [0, 0.1) is 6.92 Å². The van der Waals surface area contributed by atoms with E-state index in [0.717, 1.165) is 6.54 Å². The third-order valence-electron chi connectivity index (χ3n) is 3.34. The molecule has 1 heterocycles. The van der Waals surface area contributed by atoms with Gasteiger partial charge in [-0.15, -0.1) is 11.3 Å². The molecule has 1 aromatic carbocycles. The van der Waals surface area contributed by atoms with Crippen molar-refractivity contribution in [1.82, 2.24) is 5.32 Å². The summed E-state index contributed by atoms with van der Waals surface area (Å²) in [6.07, 6.45) is 0.0365. The van der Waals surface area contributed by atoms with Gasteiger partial charge in [0.05, 0.1) is 6.04 Å². The summed E-state index contributed by atoms with van der Waals surface area (Å²) in [6, 6.07) is 12.8. The van der Waals surface area contributed by atoms with E-state index in [1.54, 1.807) is 18.4 Å². The monoisotopic (exact) mass is 275 g/mol. The van der Waals surface area contributed by atoms with E-state index in [9.17, 15) is 0 Å². The number of benzene rings is 1. The third kappa shape index (κ3) is 3.24. The molecular formula is C16H21NOS. The molecule has 0 aliphatic rings. The molecule has 0 aliphatic heterocycles. The fraction of sp³-hybridized carbons (Fsp3) is 0.375. The van der Waals surface area contributed by atoms with Gasteiger partial charge in [-0.25, -0.2) is 0 Å². The molecule has 2 unspecified atom stereocenters. The molecule has 2 aromatic rings. The van der Waals surface area contributed by atoms with Crippen molar-refractivity contribution in [2.45, 2.75) is 26.0 Å². The van der Waals surface area contributed by atoms with Gasteiger partial charge < -0.3 is 10.1 Å². The molecule has 0 fully saturated rings. The van der Waals surface area contributed by atoms with E-state index in [1.165, 1.54) is 16.0 Å². The highest BCUT2D eigenvalue weighted by molar-refractivity contribution is 7.10. The number of hydrogen-bond acceptors (Lipinski definition) is 3. The minimum absolute atomic E-state index is 0.0365. The minimum atomic E-state index is 0.0365. The quantitative estimate of drug-likeness (QED) is 0.857. The molecule has 19 heavy (non-hydrogen) atoms. The largest absolute Gasteiger partial charge is 0.375 e. The smallest absolute Gasteiger partial charge is 0.102 e. The van der Waals surface area contributed by atoms with Crippen LogP contribution in [-0.4, -0.2) is 13.7 Å². The Labute approximate surface area is 119 Å². The first-order valence-electron chi connectivity index (χ1n) is 6.63. The molecule has 102 valence electrons. The van der Waals surface area contributed by atoms with Gasteiger partial charge in [0.25, 0.3) is 0 Å². The van der Waals surface area contributed by atoms with E-state index in [4.69, 9.17) is 4.74 Å². The van der Waals surface area contributed by atoms with Crippen LogP contribution in [0.25, 0.3) is 0 Å². The number of methoxy groups -OCH3 is 1. The number of likely N-dealkylation sites (N-methyl/N-ethyl adjacent to an activating group) is 1. The molecule has 0 saturated heterocycles. The Morgan fingerprint density at radius 3 is 2.47 bits per heavy atom.